The van der Waals surface area contributed by atoms with Gasteiger partial charge in [-0.2, -0.15) is 0 Å². The van der Waals surface area contributed by atoms with Crippen LogP contribution >= 0.6 is 0 Å². The number of hydrogen-bond donors (Lipinski definition) is 1. The number of rotatable bonds is 4. The zero-order valence-corrected chi connectivity index (χ0v) is 10.8. The first-order chi connectivity index (χ1) is 8.06. The first kappa shape index (κ1) is 14.0. The molecule has 0 radical (unpaired) electrons. The van der Waals surface area contributed by atoms with Gasteiger partial charge in [-0.3, -0.25) is 9.59 Å². The first-order valence-electron chi connectivity index (χ1n) is 6.34. The Morgan fingerprint density at radius 3 is 2.82 bits per heavy atom. The smallest absolute Gasteiger partial charge is 0.241 e. The molecule has 2 amide bonds. The maximum absolute atomic E-state index is 12.0. The van der Waals surface area contributed by atoms with E-state index in [2.05, 4.69) is 6.92 Å². The highest BCUT2D eigenvalue weighted by molar-refractivity contribution is 5.87. The number of unbranched alkanes of at least 4 members (excludes halogenated alkanes) is 1. The molecule has 1 heterocycles. The Balaban J connectivity index is 2.53. The van der Waals surface area contributed by atoms with Gasteiger partial charge in [0.1, 0.15) is 0 Å². The Hall–Kier alpha value is -1.10. The molecule has 0 aromatic carbocycles. The van der Waals surface area contributed by atoms with Gasteiger partial charge < -0.3 is 15.5 Å². The second-order valence-corrected chi connectivity index (χ2v) is 4.68. The minimum Gasteiger partial charge on any atom is -0.344 e. The van der Waals surface area contributed by atoms with Gasteiger partial charge in [-0.15, -0.1) is 0 Å². The van der Waals surface area contributed by atoms with Crippen molar-refractivity contribution in [3.8, 4) is 0 Å². The molecule has 98 valence electrons. The number of carbonyl (C=O) groups excluding carboxylic acids is 2. The SMILES string of the molecule is CCCCC(N)C(=O)N1CCCN(C)C(=O)C1. The summed E-state index contributed by atoms with van der Waals surface area (Å²) in [7, 11) is 1.77. The molecule has 1 fully saturated rings. The molecule has 1 rings (SSSR count). The lowest BCUT2D eigenvalue weighted by Gasteiger charge is -2.23. The van der Waals surface area contributed by atoms with E-state index in [1.54, 1.807) is 16.8 Å². The summed E-state index contributed by atoms with van der Waals surface area (Å²) in [6.45, 7) is 3.60. The van der Waals surface area contributed by atoms with Crippen LogP contribution in [0.1, 0.15) is 32.6 Å². The Morgan fingerprint density at radius 2 is 2.18 bits per heavy atom. The molecule has 0 spiro atoms. The molecule has 1 aliphatic heterocycles. The molecule has 1 saturated heterocycles. The minimum absolute atomic E-state index is 0.00135. The van der Waals surface area contributed by atoms with Gasteiger partial charge in [0, 0.05) is 20.1 Å². The van der Waals surface area contributed by atoms with E-state index >= 15 is 0 Å². The van der Waals surface area contributed by atoms with Crippen LogP contribution in [0.5, 0.6) is 0 Å². The zero-order valence-electron chi connectivity index (χ0n) is 10.8. The highest BCUT2D eigenvalue weighted by atomic mass is 16.2. The molecule has 0 aliphatic carbocycles. The second kappa shape index (κ2) is 6.59. The lowest BCUT2D eigenvalue weighted by molar-refractivity contribution is -0.139. The molecule has 1 atom stereocenters. The van der Waals surface area contributed by atoms with Crippen molar-refractivity contribution in [1.82, 2.24) is 9.80 Å². The Morgan fingerprint density at radius 1 is 1.47 bits per heavy atom. The van der Waals surface area contributed by atoms with Crippen molar-refractivity contribution in [2.24, 2.45) is 5.73 Å². The van der Waals surface area contributed by atoms with Gasteiger partial charge in [0.2, 0.25) is 11.8 Å². The summed E-state index contributed by atoms with van der Waals surface area (Å²) in [6, 6.07) is -0.453. The summed E-state index contributed by atoms with van der Waals surface area (Å²) >= 11 is 0. The average Bonchev–Trinajstić information content (AvgIpc) is 2.48. The van der Waals surface area contributed by atoms with Gasteiger partial charge in [0.25, 0.3) is 0 Å². The lowest BCUT2D eigenvalue weighted by Crippen LogP contribution is -2.46. The van der Waals surface area contributed by atoms with E-state index in [9.17, 15) is 9.59 Å². The third-order valence-corrected chi connectivity index (χ3v) is 3.17. The van der Waals surface area contributed by atoms with Crippen LogP contribution in [-0.2, 0) is 9.59 Å². The lowest BCUT2D eigenvalue weighted by atomic mass is 10.1. The summed E-state index contributed by atoms with van der Waals surface area (Å²) < 4.78 is 0. The molecule has 1 aliphatic rings. The number of carbonyl (C=O) groups is 2. The van der Waals surface area contributed by atoms with E-state index in [4.69, 9.17) is 5.73 Å². The standard InChI is InChI=1S/C12H23N3O2/c1-3-4-6-10(13)12(17)15-8-5-7-14(2)11(16)9-15/h10H,3-9,13H2,1-2H3. The molecule has 2 N–H and O–H groups in total. The highest BCUT2D eigenvalue weighted by Gasteiger charge is 2.25. The zero-order chi connectivity index (χ0) is 12.8. The Kier molecular flexibility index (Phi) is 5.41. The predicted molar refractivity (Wildman–Crippen MR) is 66.3 cm³/mol. The summed E-state index contributed by atoms with van der Waals surface area (Å²) in [6.07, 6.45) is 3.52. The summed E-state index contributed by atoms with van der Waals surface area (Å²) in [5, 5.41) is 0. The monoisotopic (exact) mass is 241 g/mol. The van der Waals surface area contributed by atoms with Crippen LogP contribution in [-0.4, -0.2) is 54.3 Å². The van der Waals surface area contributed by atoms with Crippen molar-refractivity contribution in [2.75, 3.05) is 26.7 Å². The fraction of sp³-hybridized carbons (Fsp3) is 0.833. The van der Waals surface area contributed by atoms with Crippen LogP contribution in [0, 0.1) is 0 Å². The van der Waals surface area contributed by atoms with E-state index < -0.39 is 6.04 Å². The minimum atomic E-state index is -0.453. The quantitative estimate of drug-likeness (QED) is 0.764. The van der Waals surface area contributed by atoms with Crippen LogP contribution in [0.2, 0.25) is 0 Å². The van der Waals surface area contributed by atoms with Crippen molar-refractivity contribution in [2.45, 2.75) is 38.6 Å². The molecule has 17 heavy (non-hydrogen) atoms. The van der Waals surface area contributed by atoms with Crippen molar-refractivity contribution >= 4 is 11.8 Å². The van der Waals surface area contributed by atoms with Gasteiger partial charge in [0.15, 0.2) is 0 Å². The van der Waals surface area contributed by atoms with Gasteiger partial charge in [-0.25, -0.2) is 0 Å². The number of nitrogens with two attached hydrogens (primary N) is 1. The normalized spacial score (nSPS) is 19.1. The predicted octanol–water partition coefficient (Wildman–Crippen LogP) is 0.195. The highest BCUT2D eigenvalue weighted by Crippen LogP contribution is 2.07. The fourth-order valence-electron chi connectivity index (χ4n) is 1.96. The van der Waals surface area contributed by atoms with Crippen LogP contribution in [0.3, 0.4) is 0 Å². The first-order valence-corrected chi connectivity index (χ1v) is 6.34. The molecule has 5 nitrogen and oxygen atoms in total. The molecule has 5 heteroatoms. The molecular formula is C12H23N3O2. The van der Waals surface area contributed by atoms with Gasteiger partial charge in [0.05, 0.1) is 12.6 Å². The topological polar surface area (TPSA) is 66.6 Å². The summed E-state index contributed by atoms with van der Waals surface area (Å²) in [5.41, 5.74) is 5.85. The van der Waals surface area contributed by atoms with Gasteiger partial charge in [-0.1, -0.05) is 19.8 Å². The van der Waals surface area contributed by atoms with Crippen LogP contribution < -0.4 is 5.73 Å². The summed E-state index contributed by atoms with van der Waals surface area (Å²) in [5.74, 6) is -0.0827. The van der Waals surface area contributed by atoms with E-state index in [0.717, 1.165) is 19.3 Å². The molecule has 0 bridgehead atoms. The molecule has 1 unspecified atom stereocenters. The average molecular weight is 241 g/mol. The second-order valence-electron chi connectivity index (χ2n) is 4.68. The van der Waals surface area contributed by atoms with Crippen LogP contribution in [0.15, 0.2) is 0 Å². The number of nitrogens with zero attached hydrogens (tertiary/aromatic N) is 2. The van der Waals surface area contributed by atoms with E-state index in [-0.39, 0.29) is 18.4 Å². The van der Waals surface area contributed by atoms with Gasteiger partial charge in [-0.05, 0) is 12.8 Å². The third kappa shape index (κ3) is 4.00. The molecular weight excluding hydrogens is 218 g/mol. The van der Waals surface area contributed by atoms with Gasteiger partial charge >= 0.3 is 0 Å². The van der Waals surface area contributed by atoms with E-state index in [1.807, 2.05) is 0 Å². The van der Waals surface area contributed by atoms with Crippen molar-refractivity contribution < 1.29 is 9.59 Å². The Bertz CT molecular complexity index is 281. The number of likely N-dealkylation sites (N-methyl/N-ethyl adjacent to an activating group) is 1. The van der Waals surface area contributed by atoms with Crippen LogP contribution in [0.25, 0.3) is 0 Å². The molecule has 0 aromatic rings. The summed E-state index contributed by atoms with van der Waals surface area (Å²) in [4.78, 5) is 27.0. The maximum atomic E-state index is 12.0. The number of amides is 2. The number of hydrogen-bond acceptors (Lipinski definition) is 3. The van der Waals surface area contributed by atoms with Crippen molar-refractivity contribution in [3.05, 3.63) is 0 Å². The van der Waals surface area contributed by atoms with Crippen molar-refractivity contribution in [1.29, 1.82) is 0 Å². The van der Waals surface area contributed by atoms with Crippen molar-refractivity contribution in [3.63, 3.8) is 0 Å². The molecule has 0 aromatic heterocycles. The molecule has 0 saturated carbocycles. The van der Waals surface area contributed by atoms with Crippen LogP contribution in [0.4, 0.5) is 0 Å². The largest absolute Gasteiger partial charge is 0.344 e. The third-order valence-electron chi connectivity index (χ3n) is 3.17. The maximum Gasteiger partial charge on any atom is 0.241 e. The van der Waals surface area contributed by atoms with E-state index in [0.29, 0.717) is 19.5 Å². The fourth-order valence-corrected chi connectivity index (χ4v) is 1.96. The van der Waals surface area contributed by atoms with E-state index in [1.165, 1.54) is 0 Å². The Labute approximate surface area is 103 Å².